The van der Waals surface area contributed by atoms with Crippen molar-refractivity contribution in [2.24, 2.45) is 0 Å². The van der Waals surface area contributed by atoms with Crippen molar-refractivity contribution in [2.75, 3.05) is 72.6 Å². The van der Waals surface area contributed by atoms with Gasteiger partial charge in [-0.05, 0) is 246 Å². The number of alkyl halides is 6. The summed E-state index contributed by atoms with van der Waals surface area (Å²) in [5.41, 5.74) is 5.39. The summed E-state index contributed by atoms with van der Waals surface area (Å²) in [5, 5.41) is 49.7. The number of pyridine rings is 1. The van der Waals surface area contributed by atoms with Crippen LogP contribution in [0.3, 0.4) is 0 Å². The molecule has 1 atom stereocenters. The molecule has 0 bridgehead atoms. The molecule has 20 rings (SSSR count). The van der Waals surface area contributed by atoms with Gasteiger partial charge in [-0.15, -0.1) is 0 Å². The lowest BCUT2D eigenvalue weighted by Crippen LogP contribution is -2.38. The van der Waals surface area contributed by atoms with Gasteiger partial charge in [0.25, 0.3) is 10.0 Å². The zero-order valence-corrected chi connectivity index (χ0v) is 74.1. The summed E-state index contributed by atoms with van der Waals surface area (Å²) in [4.78, 5) is 66.8. The number of furan rings is 1. The standard InChI is InChI=1S/C21H16BF4N3O2.C21H22FN3O3S.C21H19N3O3.C19H22F3N3O3.C16H12FNO2/c1-28(16-3-2-8-27-12-16)20-10-13-9-18(22(30)31)17(21(24,25)26)11-19(13)29(20)15-6-4-14(23)5-7-15;1-14-4-3-11-24(14)21-13-16-12-19(29(27,28)23-15(2)26)9-10-20(16)25(21)18-7-5-17(22)6-8-18;25-20(26)15-8-9-17-16(12-15)22-21(23-10-4-1-5-11-23)24(17)19-13-14-6-2-3-7-18(14)27-19;20-19(21,22)14-11-16-15(10-13(14)17(26)27)23-18(24-6-8-28-9-7-24)25(16)12-4-2-1-3-5-12;1-10-8-12-9-11(16(19)20)2-7-15(12)18(10)14-5-3-13(17)4-6-14/h2-12,30-31H,1H3;5-10,12-14H,3-4,11H2,1-2H3,(H,23,26);2-3,6-9,12-13H,1,4-5,10-11H2,(H,25,26);10-12H,1-9H2,(H,26,27);2-9H,1H3,(H,19,20). The van der Waals surface area contributed by atoms with Crippen molar-refractivity contribution in [1.29, 1.82) is 0 Å². The van der Waals surface area contributed by atoms with Crippen LogP contribution in [0.15, 0.2) is 234 Å². The van der Waals surface area contributed by atoms with E-state index in [1.165, 1.54) is 61.0 Å². The smallest absolute Gasteiger partial charge is 0.478 e. The molecule has 7 aromatic heterocycles. The van der Waals surface area contributed by atoms with E-state index in [9.17, 15) is 87.4 Å². The van der Waals surface area contributed by atoms with Gasteiger partial charge in [0.1, 0.15) is 34.7 Å². The number of aromatic nitrogens is 8. The van der Waals surface area contributed by atoms with Gasteiger partial charge in [0.15, 0.2) is 0 Å². The summed E-state index contributed by atoms with van der Waals surface area (Å²) in [5.74, 6) is -1.68. The topological polar surface area (TPSA) is 314 Å². The van der Waals surface area contributed by atoms with Crippen molar-refractivity contribution in [1.82, 2.24) is 42.5 Å². The Kier molecular flexibility index (Phi) is 27.1. The maximum absolute atomic E-state index is 13.7. The Labute approximate surface area is 767 Å². The average molecular weight is 1870 g/mol. The number of amides is 1. The van der Waals surface area contributed by atoms with Crippen LogP contribution in [0.25, 0.3) is 88.7 Å². The summed E-state index contributed by atoms with van der Waals surface area (Å²) in [6, 6.07) is 55.9. The van der Waals surface area contributed by atoms with E-state index < -0.39 is 81.3 Å². The molecule has 16 aromatic rings. The van der Waals surface area contributed by atoms with Gasteiger partial charge in [-0.2, -0.15) is 26.3 Å². The van der Waals surface area contributed by atoms with E-state index in [4.69, 9.17) is 19.2 Å². The van der Waals surface area contributed by atoms with E-state index in [0.717, 1.165) is 176 Å². The Hall–Kier alpha value is -14.4. The molecule has 26 nitrogen and oxygen atoms in total. The fourth-order valence-electron chi connectivity index (χ4n) is 17.9. The summed E-state index contributed by atoms with van der Waals surface area (Å²) in [6.45, 7) is 10.3. The van der Waals surface area contributed by atoms with Crippen LogP contribution in [0.1, 0.15) is 132 Å². The van der Waals surface area contributed by atoms with Crippen LogP contribution < -0.4 is 29.8 Å². The number of sulfonamides is 1. The zero-order chi connectivity index (χ0) is 95.6. The van der Waals surface area contributed by atoms with E-state index in [1.807, 2.05) is 83.3 Å². The molecular formula is C98H91BF9N13O13S. The number of morpholine rings is 1. The number of nitrogens with one attached hydrogen (secondary N) is 1. The Bertz CT molecular complexity index is 7200. The Morgan fingerprint density at radius 1 is 0.519 bits per heavy atom. The third kappa shape index (κ3) is 20.1. The first kappa shape index (κ1) is 93.8. The second-order valence-electron chi connectivity index (χ2n) is 33.3. The van der Waals surface area contributed by atoms with Gasteiger partial charge in [-0.1, -0.05) is 43.5 Å². The first-order valence-electron chi connectivity index (χ1n) is 43.6. The molecule has 3 aliphatic heterocycles. The SMILES string of the molecule is CC(=O)NS(=O)(=O)c1ccc2c(c1)cc(N1CCCC1C)n2-c1ccc(F)cc1.CN(c1cccnc1)c1cc2cc(B(O)O)c(C(F)(F)F)cc2n1-c1ccc(F)cc1.Cc1cc2cc(C(=O)O)ccc2n1-c1ccc(F)cc1.O=C(O)c1cc2nc(N3CCOCC3)n(C3CCCCC3)c2cc1C(F)(F)F.O=C(O)c1ccc2c(c1)nc(N1CCCCC1)n2-c1cc2ccccc2o1. The predicted octanol–water partition coefficient (Wildman–Crippen LogP) is 19.5. The number of nitrogens with zero attached hydrogens (tertiary/aromatic N) is 12. The quantitative estimate of drug-likeness (QED) is 0.0387. The normalized spacial score (nSPS) is 15.0. The van der Waals surface area contributed by atoms with Crippen LogP contribution in [0, 0.1) is 24.4 Å². The van der Waals surface area contributed by atoms with Gasteiger partial charge in [-0.3, -0.25) is 18.9 Å². The number of aryl methyl sites for hydroxylation is 1. The zero-order valence-electron chi connectivity index (χ0n) is 73.3. The number of halogens is 9. The number of carbonyl (C=O) groups is 4. The van der Waals surface area contributed by atoms with Crippen LogP contribution in [0.4, 0.5) is 68.7 Å². The lowest BCUT2D eigenvalue weighted by molar-refractivity contribution is -0.138. The third-order valence-corrected chi connectivity index (χ3v) is 25.8. The second kappa shape index (κ2) is 39.0. The Morgan fingerprint density at radius 2 is 1.08 bits per heavy atom. The molecule has 37 heteroatoms. The minimum atomic E-state index is -4.81. The van der Waals surface area contributed by atoms with Crippen molar-refractivity contribution >= 4 is 141 Å². The molecule has 0 spiro atoms. The number of hydrogen-bond acceptors (Lipinski definition) is 17. The molecule has 1 amide bonds. The van der Waals surface area contributed by atoms with Gasteiger partial charge in [0.2, 0.25) is 23.7 Å². The molecule has 1 saturated carbocycles. The molecular weight excluding hydrogens is 1780 g/mol. The highest BCUT2D eigenvalue weighted by Crippen LogP contribution is 2.44. The molecule has 1 unspecified atom stereocenters. The lowest BCUT2D eigenvalue weighted by atomic mass is 9.76. The van der Waals surface area contributed by atoms with Gasteiger partial charge in [0.05, 0.1) is 96.4 Å². The first-order chi connectivity index (χ1) is 64.5. The van der Waals surface area contributed by atoms with Crippen LogP contribution in [-0.4, -0.2) is 162 Å². The number of carboxylic acids is 3. The number of aromatic carboxylic acids is 3. The average Bonchev–Trinajstić information content (AvgIpc) is 1.64. The van der Waals surface area contributed by atoms with Crippen molar-refractivity contribution < 1.29 is 102 Å². The van der Waals surface area contributed by atoms with Crippen molar-refractivity contribution in [3.8, 4) is 22.9 Å². The Morgan fingerprint density at radius 3 is 1.67 bits per heavy atom. The largest absolute Gasteiger partial charge is 0.489 e. The number of carbonyl (C=O) groups excluding carboxylic acids is 1. The second-order valence-corrected chi connectivity index (χ2v) is 35.0. The number of para-hydroxylation sites is 1. The number of rotatable bonds is 16. The molecule has 4 fully saturated rings. The van der Waals surface area contributed by atoms with Crippen LogP contribution in [-0.2, 0) is 31.9 Å². The van der Waals surface area contributed by atoms with Gasteiger partial charge >= 0.3 is 37.4 Å². The lowest BCUT2D eigenvalue weighted by Gasteiger charge is -2.32. The van der Waals surface area contributed by atoms with Crippen molar-refractivity contribution in [3.63, 3.8) is 0 Å². The number of carboxylic acid groups (broad SMARTS) is 3. The molecule has 698 valence electrons. The molecule has 135 heavy (non-hydrogen) atoms. The number of anilines is 5. The van der Waals surface area contributed by atoms with E-state index >= 15 is 0 Å². The third-order valence-electron chi connectivity index (χ3n) is 24.3. The molecule has 10 heterocycles. The van der Waals surface area contributed by atoms with Crippen LogP contribution in [0.2, 0.25) is 0 Å². The van der Waals surface area contributed by atoms with Gasteiger partial charge in [0, 0.05) is 115 Å². The van der Waals surface area contributed by atoms with Crippen LogP contribution in [0.5, 0.6) is 0 Å². The number of piperidine rings is 1. The van der Waals surface area contributed by atoms with Gasteiger partial charge in [-0.25, -0.2) is 55.2 Å². The van der Waals surface area contributed by atoms with Crippen LogP contribution >= 0.6 is 0 Å². The summed E-state index contributed by atoms with van der Waals surface area (Å²) in [6.07, 6.45) is 4.19. The highest BCUT2D eigenvalue weighted by Gasteiger charge is 2.40. The maximum Gasteiger partial charge on any atom is 0.489 e. The highest BCUT2D eigenvalue weighted by molar-refractivity contribution is 7.90. The first-order valence-corrected chi connectivity index (χ1v) is 45.1. The number of fused-ring (bicyclic) bond motifs is 6. The van der Waals surface area contributed by atoms with Gasteiger partial charge < -0.3 is 63.3 Å². The fourth-order valence-corrected chi connectivity index (χ4v) is 18.9. The van der Waals surface area contributed by atoms with Crippen molar-refractivity contribution in [2.45, 2.75) is 114 Å². The maximum atomic E-state index is 13.7. The molecule has 3 saturated heterocycles. The van der Waals surface area contributed by atoms with E-state index in [1.54, 1.807) is 114 Å². The highest BCUT2D eigenvalue weighted by atomic mass is 32.2. The molecule has 0 radical (unpaired) electrons. The van der Waals surface area contributed by atoms with E-state index in [0.29, 0.717) is 77.8 Å². The number of benzene rings is 9. The summed E-state index contributed by atoms with van der Waals surface area (Å²) in [7, 11) is -4.50. The number of imidazole rings is 2. The minimum absolute atomic E-state index is 0.0254. The summed E-state index contributed by atoms with van der Waals surface area (Å²) < 4.78 is 169. The molecule has 4 aliphatic rings. The summed E-state index contributed by atoms with van der Waals surface area (Å²) >= 11 is 0. The fraction of sp³-hybridized carbons (Fsp3) is 0.255. The molecule has 6 N–H and O–H groups in total. The monoisotopic (exact) mass is 1870 g/mol. The predicted molar refractivity (Wildman–Crippen MR) is 496 cm³/mol. The van der Waals surface area contributed by atoms with Crippen molar-refractivity contribution in [3.05, 3.63) is 276 Å². The van der Waals surface area contributed by atoms with E-state index in [2.05, 4.69) is 26.7 Å². The minimum Gasteiger partial charge on any atom is -0.478 e. The molecule has 1 aliphatic carbocycles. The Balaban J connectivity index is 0.000000123. The molecule has 9 aromatic carbocycles. The number of ether oxygens (including phenoxy) is 1. The van der Waals surface area contributed by atoms with E-state index in [-0.39, 0.29) is 44.7 Å². The number of hydrogen-bond donors (Lipinski definition) is 6.